The molecule has 0 radical (unpaired) electrons. The normalized spacial score (nSPS) is 10.8. The van der Waals surface area contributed by atoms with Crippen molar-refractivity contribution in [2.75, 3.05) is 0 Å². The minimum atomic E-state index is -0.783. The lowest BCUT2D eigenvalue weighted by Crippen LogP contribution is -1.89. The Bertz CT molecular complexity index is 412. The van der Waals surface area contributed by atoms with Crippen LogP contribution < -0.4 is 0 Å². The third-order valence-electron chi connectivity index (χ3n) is 1.67. The molecular formula is C11H8FNO. The fourth-order valence-corrected chi connectivity index (χ4v) is 0.902. The summed E-state index contributed by atoms with van der Waals surface area (Å²) in [6, 6.07) is 8.26. The smallest absolute Gasteiger partial charge is 0.188 e. The number of ketones is 1. The molecule has 0 aliphatic heterocycles. The molecule has 0 saturated carbocycles. The zero-order chi connectivity index (χ0) is 10.6. The van der Waals surface area contributed by atoms with Crippen molar-refractivity contribution < 1.29 is 9.18 Å². The number of carbonyl (C=O) groups excluding carboxylic acids is 1. The van der Waals surface area contributed by atoms with Crippen molar-refractivity contribution >= 4 is 11.9 Å². The lowest BCUT2D eigenvalue weighted by molar-refractivity contribution is -0.114. The van der Waals surface area contributed by atoms with Crippen molar-refractivity contribution in [1.29, 1.82) is 5.26 Å². The van der Waals surface area contributed by atoms with Crippen LogP contribution in [0.5, 0.6) is 0 Å². The number of carbonyl (C=O) groups is 1. The van der Waals surface area contributed by atoms with Crippen LogP contribution in [0.2, 0.25) is 0 Å². The summed E-state index contributed by atoms with van der Waals surface area (Å²) < 4.78 is 12.8. The third-order valence-corrected chi connectivity index (χ3v) is 1.67. The zero-order valence-electron chi connectivity index (χ0n) is 7.62. The summed E-state index contributed by atoms with van der Waals surface area (Å²) >= 11 is 0. The molecule has 0 N–H and O–H groups in total. The van der Waals surface area contributed by atoms with Gasteiger partial charge in [-0.1, -0.05) is 12.1 Å². The van der Waals surface area contributed by atoms with Gasteiger partial charge in [0.2, 0.25) is 0 Å². The van der Waals surface area contributed by atoms with E-state index in [1.807, 2.05) is 6.07 Å². The molecule has 1 aromatic rings. The molecule has 0 bridgehead atoms. The van der Waals surface area contributed by atoms with Crippen LogP contribution in [0.25, 0.3) is 6.08 Å². The molecule has 0 atom stereocenters. The maximum Gasteiger partial charge on any atom is 0.188 e. The molecule has 0 spiro atoms. The Balaban J connectivity index is 2.95. The van der Waals surface area contributed by atoms with Crippen molar-refractivity contribution in [3.05, 3.63) is 41.2 Å². The zero-order valence-corrected chi connectivity index (χ0v) is 7.62. The summed E-state index contributed by atoms with van der Waals surface area (Å²) in [6.07, 6.45) is 1.14. The van der Waals surface area contributed by atoms with E-state index in [2.05, 4.69) is 0 Å². The van der Waals surface area contributed by atoms with Gasteiger partial charge >= 0.3 is 0 Å². The van der Waals surface area contributed by atoms with Crippen molar-refractivity contribution in [2.24, 2.45) is 0 Å². The Morgan fingerprint density at radius 1 is 1.43 bits per heavy atom. The minimum Gasteiger partial charge on any atom is -0.292 e. The van der Waals surface area contributed by atoms with E-state index in [9.17, 15) is 9.18 Å². The Labute approximate surface area is 81.3 Å². The van der Waals surface area contributed by atoms with E-state index in [0.29, 0.717) is 11.1 Å². The molecule has 0 aromatic heterocycles. The molecule has 1 rings (SSSR count). The van der Waals surface area contributed by atoms with E-state index < -0.39 is 11.6 Å². The number of rotatable bonds is 2. The molecule has 2 nitrogen and oxygen atoms in total. The molecular weight excluding hydrogens is 181 g/mol. The molecule has 0 aliphatic rings. The van der Waals surface area contributed by atoms with Crippen LogP contribution in [0.4, 0.5) is 4.39 Å². The van der Waals surface area contributed by atoms with Gasteiger partial charge in [0.25, 0.3) is 0 Å². The maximum atomic E-state index is 12.8. The van der Waals surface area contributed by atoms with Crippen molar-refractivity contribution in [3.8, 4) is 6.07 Å². The molecule has 0 fully saturated rings. The largest absolute Gasteiger partial charge is 0.292 e. The summed E-state index contributed by atoms with van der Waals surface area (Å²) in [5.74, 6) is -1.39. The summed E-state index contributed by atoms with van der Waals surface area (Å²) in [7, 11) is 0. The lowest BCUT2D eigenvalue weighted by atomic mass is 10.1. The minimum absolute atomic E-state index is 0.505. The number of nitrogens with zero attached hydrogens (tertiary/aromatic N) is 1. The van der Waals surface area contributed by atoms with E-state index in [0.717, 1.165) is 13.0 Å². The van der Waals surface area contributed by atoms with Crippen LogP contribution in [-0.4, -0.2) is 5.78 Å². The highest BCUT2D eigenvalue weighted by Gasteiger charge is 2.00. The SMILES string of the molecule is CC(=O)/C(F)=C\c1ccc(C#N)cc1. The molecule has 1 aromatic carbocycles. The number of hydrogen-bond donors (Lipinski definition) is 0. The Morgan fingerprint density at radius 3 is 2.43 bits per heavy atom. The van der Waals surface area contributed by atoms with Crippen LogP contribution in [0.1, 0.15) is 18.1 Å². The molecule has 0 saturated heterocycles. The third kappa shape index (κ3) is 2.53. The van der Waals surface area contributed by atoms with Crippen LogP contribution in [0.3, 0.4) is 0 Å². The van der Waals surface area contributed by atoms with Crippen LogP contribution in [-0.2, 0) is 4.79 Å². The van der Waals surface area contributed by atoms with E-state index in [4.69, 9.17) is 5.26 Å². The predicted octanol–water partition coefficient (Wildman–Crippen LogP) is 2.46. The number of hydrogen-bond acceptors (Lipinski definition) is 2. The highest BCUT2D eigenvalue weighted by Crippen LogP contribution is 2.09. The Kier molecular flexibility index (Phi) is 3.14. The average Bonchev–Trinajstić information content (AvgIpc) is 2.19. The van der Waals surface area contributed by atoms with E-state index >= 15 is 0 Å². The number of allylic oxidation sites excluding steroid dienone is 1. The molecule has 14 heavy (non-hydrogen) atoms. The predicted molar refractivity (Wildman–Crippen MR) is 50.9 cm³/mol. The fraction of sp³-hybridized carbons (Fsp3) is 0.0909. The second kappa shape index (κ2) is 4.33. The van der Waals surface area contributed by atoms with Crippen molar-refractivity contribution in [3.63, 3.8) is 0 Å². The molecule has 0 unspecified atom stereocenters. The van der Waals surface area contributed by atoms with E-state index in [1.54, 1.807) is 24.3 Å². The maximum absolute atomic E-state index is 12.8. The Morgan fingerprint density at radius 2 is 2.00 bits per heavy atom. The topological polar surface area (TPSA) is 40.9 Å². The number of Topliss-reactive ketones (excluding diaryl/α,β-unsaturated/α-hetero) is 1. The van der Waals surface area contributed by atoms with Crippen LogP contribution in [0, 0.1) is 11.3 Å². The van der Waals surface area contributed by atoms with Gasteiger partial charge < -0.3 is 0 Å². The van der Waals surface area contributed by atoms with Gasteiger partial charge in [-0.2, -0.15) is 5.26 Å². The van der Waals surface area contributed by atoms with Crippen LogP contribution in [0.15, 0.2) is 30.1 Å². The van der Waals surface area contributed by atoms with Crippen molar-refractivity contribution in [1.82, 2.24) is 0 Å². The summed E-state index contributed by atoms with van der Waals surface area (Å²) in [5, 5.41) is 8.50. The summed E-state index contributed by atoms with van der Waals surface area (Å²) in [4.78, 5) is 10.6. The van der Waals surface area contributed by atoms with Gasteiger partial charge in [0.1, 0.15) is 0 Å². The van der Waals surface area contributed by atoms with Gasteiger partial charge in [0, 0.05) is 6.92 Å². The fourth-order valence-electron chi connectivity index (χ4n) is 0.902. The Hall–Kier alpha value is -1.95. The number of nitriles is 1. The molecule has 0 amide bonds. The molecule has 0 heterocycles. The van der Waals surface area contributed by atoms with Crippen molar-refractivity contribution in [2.45, 2.75) is 6.92 Å². The second-order valence-electron chi connectivity index (χ2n) is 2.78. The second-order valence-corrected chi connectivity index (χ2v) is 2.78. The van der Waals surface area contributed by atoms with Crippen LogP contribution >= 0.6 is 0 Å². The van der Waals surface area contributed by atoms with Gasteiger partial charge in [-0.05, 0) is 23.8 Å². The first-order valence-corrected chi connectivity index (χ1v) is 4.02. The van der Waals surface area contributed by atoms with Gasteiger partial charge in [0.15, 0.2) is 11.6 Å². The first kappa shape index (κ1) is 10.1. The van der Waals surface area contributed by atoms with E-state index in [-0.39, 0.29) is 0 Å². The highest BCUT2D eigenvalue weighted by molar-refractivity contribution is 5.95. The average molecular weight is 189 g/mol. The first-order valence-electron chi connectivity index (χ1n) is 4.02. The number of halogens is 1. The summed E-state index contributed by atoms with van der Waals surface area (Å²) in [6.45, 7) is 1.16. The highest BCUT2D eigenvalue weighted by atomic mass is 19.1. The lowest BCUT2D eigenvalue weighted by Gasteiger charge is -1.93. The van der Waals surface area contributed by atoms with Gasteiger partial charge in [-0.3, -0.25) is 4.79 Å². The quantitative estimate of drug-likeness (QED) is 0.670. The number of benzene rings is 1. The van der Waals surface area contributed by atoms with Gasteiger partial charge in [-0.25, -0.2) is 4.39 Å². The van der Waals surface area contributed by atoms with E-state index in [1.165, 1.54) is 0 Å². The molecule has 70 valence electrons. The summed E-state index contributed by atoms with van der Waals surface area (Å²) in [5.41, 5.74) is 1.07. The van der Waals surface area contributed by atoms with Gasteiger partial charge in [-0.15, -0.1) is 0 Å². The molecule has 3 heteroatoms. The first-order chi connectivity index (χ1) is 6.63. The van der Waals surface area contributed by atoms with Gasteiger partial charge in [0.05, 0.1) is 11.6 Å². The standard InChI is InChI=1S/C11H8FNO/c1-8(14)11(12)6-9-2-4-10(7-13)5-3-9/h2-6H,1H3/b11-6+. The molecule has 0 aliphatic carbocycles. The monoisotopic (exact) mass is 189 g/mol.